The fourth-order valence-electron chi connectivity index (χ4n) is 2.92. The van der Waals surface area contributed by atoms with Crippen molar-refractivity contribution >= 4 is 6.08 Å². The second-order valence-corrected chi connectivity index (χ2v) is 6.48. The first kappa shape index (κ1) is 20.6. The lowest BCUT2D eigenvalue weighted by Gasteiger charge is -2.27. The Kier molecular flexibility index (Phi) is 7.79. The average molecular weight is 374 g/mol. The van der Waals surface area contributed by atoms with E-state index >= 15 is 0 Å². The Morgan fingerprint density at radius 3 is 2.54 bits per heavy atom. The highest BCUT2D eigenvalue weighted by Gasteiger charge is 2.43. The molecule has 1 aromatic carbocycles. The lowest BCUT2D eigenvalue weighted by Crippen LogP contribution is -2.24. The van der Waals surface area contributed by atoms with E-state index in [2.05, 4.69) is 11.7 Å². The monoisotopic (exact) mass is 374 g/mol. The Hall–Kier alpha value is -1.72. The van der Waals surface area contributed by atoms with E-state index in [1.807, 2.05) is 0 Å². The van der Waals surface area contributed by atoms with Crippen LogP contribution in [0.1, 0.15) is 69.4 Å². The number of unbranched alkanes of at least 4 members (excludes halogenated alkanes) is 5. The van der Waals surface area contributed by atoms with Crippen molar-refractivity contribution in [2.24, 2.45) is 0 Å². The summed E-state index contributed by atoms with van der Waals surface area (Å²) in [6.45, 7) is 1.90. The first-order chi connectivity index (χ1) is 12.5. The number of allylic oxidation sites excluding steroid dienone is 1. The SMILES string of the molecule is CCCCCCCOc1ccc2c(c1F)C(F)(F)OC(CCCCF)=C2. The molecule has 0 aromatic heterocycles. The lowest BCUT2D eigenvalue weighted by atomic mass is 10.0. The number of fused-ring (bicyclic) bond motifs is 1. The molecule has 1 heterocycles. The number of halogens is 4. The molecular formula is C20H26F4O2. The van der Waals surface area contributed by atoms with Gasteiger partial charge in [-0.3, -0.25) is 4.39 Å². The van der Waals surface area contributed by atoms with Gasteiger partial charge in [0.1, 0.15) is 11.3 Å². The average Bonchev–Trinajstić information content (AvgIpc) is 2.59. The summed E-state index contributed by atoms with van der Waals surface area (Å²) in [4.78, 5) is 0. The molecule has 146 valence electrons. The minimum Gasteiger partial charge on any atom is -0.491 e. The molecule has 0 atom stereocenters. The van der Waals surface area contributed by atoms with Crippen molar-refractivity contribution in [2.45, 2.75) is 64.4 Å². The minimum atomic E-state index is -3.76. The number of benzene rings is 1. The van der Waals surface area contributed by atoms with Gasteiger partial charge in [0.2, 0.25) is 0 Å². The predicted octanol–water partition coefficient (Wildman–Crippen LogP) is 6.74. The molecule has 0 N–H and O–H groups in total. The molecule has 2 nitrogen and oxygen atoms in total. The quantitative estimate of drug-likeness (QED) is 0.316. The van der Waals surface area contributed by atoms with Crippen LogP contribution in [-0.2, 0) is 10.8 Å². The van der Waals surface area contributed by atoms with Gasteiger partial charge in [0, 0.05) is 6.42 Å². The smallest absolute Gasteiger partial charge is 0.430 e. The van der Waals surface area contributed by atoms with Crippen LogP contribution in [-0.4, -0.2) is 13.3 Å². The molecule has 2 rings (SSSR count). The zero-order chi connectivity index (χ0) is 19.0. The van der Waals surface area contributed by atoms with Crippen LogP contribution in [0, 0.1) is 5.82 Å². The number of hydrogen-bond acceptors (Lipinski definition) is 2. The largest absolute Gasteiger partial charge is 0.491 e. The summed E-state index contributed by atoms with van der Waals surface area (Å²) < 4.78 is 65.3. The predicted molar refractivity (Wildman–Crippen MR) is 93.4 cm³/mol. The standard InChI is InChI=1S/C20H26F4O2/c1-2-3-4-5-8-13-25-17-11-10-15-14-16(9-6-7-12-21)26-20(23,24)18(15)19(17)22/h10-11,14H,2-9,12-13H2,1H3. The van der Waals surface area contributed by atoms with Crippen LogP contribution >= 0.6 is 0 Å². The highest BCUT2D eigenvalue weighted by atomic mass is 19.3. The summed E-state index contributed by atoms with van der Waals surface area (Å²) in [5.41, 5.74) is -0.723. The zero-order valence-corrected chi connectivity index (χ0v) is 15.1. The Morgan fingerprint density at radius 1 is 1.04 bits per heavy atom. The van der Waals surface area contributed by atoms with Crippen LogP contribution in [0.3, 0.4) is 0 Å². The normalized spacial score (nSPS) is 15.2. The van der Waals surface area contributed by atoms with Gasteiger partial charge in [-0.1, -0.05) is 38.7 Å². The summed E-state index contributed by atoms with van der Waals surface area (Å²) in [5.74, 6) is -1.23. The van der Waals surface area contributed by atoms with Crippen LogP contribution in [0.2, 0.25) is 0 Å². The molecule has 6 heteroatoms. The highest BCUT2D eigenvalue weighted by molar-refractivity contribution is 5.60. The van der Waals surface area contributed by atoms with Gasteiger partial charge in [-0.2, -0.15) is 8.78 Å². The summed E-state index contributed by atoms with van der Waals surface area (Å²) in [7, 11) is 0. The molecule has 0 spiro atoms. The van der Waals surface area contributed by atoms with Crippen molar-refractivity contribution < 1.29 is 27.0 Å². The van der Waals surface area contributed by atoms with E-state index in [4.69, 9.17) is 4.74 Å². The molecule has 0 bridgehead atoms. The Bertz CT molecular complexity index is 614. The van der Waals surface area contributed by atoms with Gasteiger partial charge in [0.05, 0.1) is 13.3 Å². The van der Waals surface area contributed by atoms with Crippen LogP contribution in [0.4, 0.5) is 17.6 Å². The lowest BCUT2D eigenvalue weighted by molar-refractivity contribution is -0.228. The van der Waals surface area contributed by atoms with E-state index in [-0.39, 0.29) is 36.5 Å². The molecule has 1 aliphatic rings. The zero-order valence-electron chi connectivity index (χ0n) is 15.1. The number of ether oxygens (including phenoxy) is 2. The molecule has 1 aromatic rings. The number of hydrogen-bond donors (Lipinski definition) is 0. The van der Waals surface area contributed by atoms with Gasteiger partial charge in [-0.05, 0) is 37.0 Å². The fraction of sp³-hybridized carbons (Fsp3) is 0.600. The van der Waals surface area contributed by atoms with Gasteiger partial charge < -0.3 is 9.47 Å². The summed E-state index contributed by atoms with van der Waals surface area (Å²) in [5, 5.41) is 0. The van der Waals surface area contributed by atoms with Crippen LogP contribution in [0.5, 0.6) is 5.75 Å². The van der Waals surface area contributed by atoms with E-state index in [1.165, 1.54) is 18.2 Å². The second-order valence-electron chi connectivity index (χ2n) is 6.48. The maximum Gasteiger partial charge on any atom is 0.430 e. The van der Waals surface area contributed by atoms with Crippen molar-refractivity contribution in [3.05, 3.63) is 34.8 Å². The van der Waals surface area contributed by atoms with Crippen molar-refractivity contribution in [2.75, 3.05) is 13.3 Å². The first-order valence-electron chi connectivity index (χ1n) is 9.28. The fourth-order valence-corrected chi connectivity index (χ4v) is 2.92. The molecular weight excluding hydrogens is 348 g/mol. The van der Waals surface area contributed by atoms with Gasteiger partial charge in [-0.15, -0.1) is 0 Å². The van der Waals surface area contributed by atoms with E-state index in [0.29, 0.717) is 6.42 Å². The third kappa shape index (κ3) is 5.39. The number of rotatable bonds is 11. The van der Waals surface area contributed by atoms with E-state index < -0.39 is 24.2 Å². The Balaban J connectivity index is 2.06. The van der Waals surface area contributed by atoms with Crippen LogP contribution in [0.15, 0.2) is 17.9 Å². The topological polar surface area (TPSA) is 18.5 Å². The molecule has 26 heavy (non-hydrogen) atoms. The third-order valence-corrected chi connectivity index (χ3v) is 4.32. The maximum absolute atomic E-state index is 14.5. The molecule has 0 aliphatic carbocycles. The molecule has 0 radical (unpaired) electrons. The molecule has 0 amide bonds. The minimum absolute atomic E-state index is 0.0416. The Labute approximate surface area is 152 Å². The van der Waals surface area contributed by atoms with Crippen molar-refractivity contribution in [1.29, 1.82) is 0 Å². The van der Waals surface area contributed by atoms with E-state index in [1.54, 1.807) is 0 Å². The van der Waals surface area contributed by atoms with Gasteiger partial charge in [-0.25, -0.2) is 4.39 Å². The second kappa shape index (κ2) is 9.83. The van der Waals surface area contributed by atoms with Crippen molar-refractivity contribution in [1.82, 2.24) is 0 Å². The summed E-state index contributed by atoms with van der Waals surface area (Å²) in [6.07, 6.45) is 3.55. The first-order valence-corrected chi connectivity index (χ1v) is 9.28. The van der Waals surface area contributed by atoms with E-state index in [0.717, 1.165) is 32.1 Å². The van der Waals surface area contributed by atoms with Crippen LogP contribution in [0.25, 0.3) is 6.08 Å². The van der Waals surface area contributed by atoms with Gasteiger partial charge in [0.15, 0.2) is 11.6 Å². The third-order valence-electron chi connectivity index (χ3n) is 4.32. The van der Waals surface area contributed by atoms with Crippen molar-refractivity contribution in [3.8, 4) is 5.75 Å². The highest BCUT2D eigenvalue weighted by Crippen LogP contribution is 2.43. The molecule has 0 saturated carbocycles. The Morgan fingerprint density at radius 2 is 1.81 bits per heavy atom. The van der Waals surface area contributed by atoms with E-state index in [9.17, 15) is 17.6 Å². The maximum atomic E-state index is 14.5. The molecule has 1 aliphatic heterocycles. The summed E-state index contributed by atoms with van der Waals surface area (Å²) >= 11 is 0. The van der Waals surface area contributed by atoms with Gasteiger partial charge >= 0.3 is 6.11 Å². The van der Waals surface area contributed by atoms with Crippen LogP contribution < -0.4 is 4.74 Å². The number of alkyl halides is 3. The summed E-state index contributed by atoms with van der Waals surface area (Å²) in [6, 6.07) is 2.79. The molecule has 0 saturated heterocycles. The van der Waals surface area contributed by atoms with Gasteiger partial charge in [0.25, 0.3) is 0 Å². The van der Waals surface area contributed by atoms with Crippen molar-refractivity contribution in [3.63, 3.8) is 0 Å². The molecule has 0 fully saturated rings. The molecule has 0 unspecified atom stereocenters.